The minimum atomic E-state index is -0.858. The topological polar surface area (TPSA) is 57.6 Å². The van der Waals surface area contributed by atoms with Crippen LogP contribution in [0.5, 0.6) is 0 Å². The predicted molar refractivity (Wildman–Crippen MR) is 60.9 cm³/mol. The smallest absolute Gasteiger partial charge is 0.307 e. The van der Waals surface area contributed by atoms with Gasteiger partial charge in [0.1, 0.15) is 0 Å². The van der Waals surface area contributed by atoms with E-state index in [2.05, 4.69) is 0 Å². The van der Waals surface area contributed by atoms with Gasteiger partial charge in [0, 0.05) is 12.6 Å². The van der Waals surface area contributed by atoms with Crippen molar-refractivity contribution in [2.24, 2.45) is 17.3 Å². The van der Waals surface area contributed by atoms with E-state index in [0.717, 1.165) is 0 Å². The maximum absolute atomic E-state index is 12.2. The number of carboxylic acids is 1. The minimum absolute atomic E-state index is 0.0186. The molecule has 1 rings (SSSR count). The Balaban J connectivity index is 2.81. The van der Waals surface area contributed by atoms with Crippen molar-refractivity contribution in [3.8, 4) is 0 Å². The minimum Gasteiger partial charge on any atom is -0.481 e. The summed E-state index contributed by atoms with van der Waals surface area (Å²) in [6.45, 7) is 10.2. The highest BCUT2D eigenvalue weighted by Gasteiger charge is 2.66. The van der Waals surface area contributed by atoms with Crippen molar-refractivity contribution in [3.63, 3.8) is 0 Å². The molecule has 1 aliphatic carbocycles. The summed E-state index contributed by atoms with van der Waals surface area (Å²) in [5.74, 6) is -1.75. The van der Waals surface area contributed by atoms with Gasteiger partial charge in [-0.25, -0.2) is 0 Å². The van der Waals surface area contributed by atoms with Gasteiger partial charge in [-0.05, 0) is 26.2 Å². The maximum atomic E-state index is 12.2. The molecule has 1 N–H and O–H groups in total. The zero-order chi connectivity index (χ0) is 12.7. The first-order valence-electron chi connectivity index (χ1n) is 5.78. The molecule has 0 aromatic carbocycles. The van der Waals surface area contributed by atoms with E-state index in [1.54, 1.807) is 4.90 Å². The van der Waals surface area contributed by atoms with Crippen molar-refractivity contribution in [3.05, 3.63) is 0 Å². The SMILES string of the molecule is CCN(C(=O)[C@H]1[C@@H](C(=O)O)C1(C)C)C(C)C. The van der Waals surface area contributed by atoms with Crippen LogP contribution in [0.4, 0.5) is 0 Å². The first-order chi connectivity index (χ1) is 7.25. The summed E-state index contributed by atoms with van der Waals surface area (Å²) in [7, 11) is 0. The predicted octanol–water partition coefficient (Wildman–Crippen LogP) is 1.60. The van der Waals surface area contributed by atoms with Crippen molar-refractivity contribution in [2.45, 2.75) is 40.7 Å². The van der Waals surface area contributed by atoms with Crippen LogP contribution in [0.2, 0.25) is 0 Å². The van der Waals surface area contributed by atoms with E-state index in [1.807, 2.05) is 34.6 Å². The van der Waals surface area contributed by atoms with E-state index < -0.39 is 17.3 Å². The molecule has 0 heterocycles. The summed E-state index contributed by atoms with van der Waals surface area (Å²) < 4.78 is 0. The van der Waals surface area contributed by atoms with Crippen LogP contribution >= 0.6 is 0 Å². The Morgan fingerprint density at radius 1 is 1.31 bits per heavy atom. The van der Waals surface area contributed by atoms with Crippen LogP contribution in [0, 0.1) is 17.3 Å². The molecule has 0 radical (unpaired) electrons. The number of hydrogen-bond acceptors (Lipinski definition) is 2. The van der Waals surface area contributed by atoms with Crippen LogP contribution in [-0.4, -0.2) is 34.5 Å². The zero-order valence-electron chi connectivity index (χ0n) is 10.7. The van der Waals surface area contributed by atoms with Crippen LogP contribution in [0.3, 0.4) is 0 Å². The monoisotopic (exact) mass is 227 g/mol. The first-order valence-corrected chi connectivity index (χ1v) is 5.78. The molecule has 0 saturated heterocycles. The van der Waals surface area contributed by atoms with Crippen molar-refractivity contribution in [1.29, 1.82) is 0 Å². The second kappa shape index (κ2) is 4.07. The third-order valence-corrected chi connectivity index (χ3v) is 3.61. The molecular weight excluding hydrogens is 206 g/mol. The molecule has 0 spiro atoms. The number of aliphatic carboxylic acids is 1. The Kier molecular flexibility index (Phi) is 3.31. The van der Waals surface area contributed by atoms with Gasteiger partial charge < -0.3 is 10.0 Å². The lowest BCUT2D eigenvalue weighted by Gasteiger charge is -2.25. The third kappa shape index (κ3) is 1.93. The van der Waals surface area contributed by atoms with Crippen LogP contribution in [0.1, 0.15) is 34.6 Å². The molecule has 0 aromatic heterocycles. The van der Waals surface area contributed by atoms with Gasteiger partial charge in [-0.1, -0.05) is 13.8 Å². The normalized spacial score (nSPS) is 26.6. The Hall–Kier alpha value is -1.06. The van der Waals surface area contributed by atoms with Crippen molar-refractivity contribution in [2.75, 3.05) is 6.54 Å². The Labute approximate surface area is 96.6 Å². The highest BCUT2D eigenvalue weighted by atomic mass is 16.4. The standard InChI is InChI=1S/C12H21NO3/c1-6-13(7(2)3)10(14)8-9(11(15)16)12(8,4)5/h7-9H,6H2,1-5H3,(H,15,16)/t8-,9+/m1/s1. The Morgan fingerprint density at radius 3 is 2.06 bits per heavy atom. The molecule has 16 heavy (non-hydrogen) atoms. The summed E-state index contributed by atoms with van der Waals surface area (Å²) in [6, 6.07) is 0.128. The summed E-state index contributed by atoms with van der Waals surface area (Å²) in [5, 5.41) is 9.03. The lowest BCUT2D eigenvalue weighted by molar-refractivity contribution is -0.142. The van der Waals surface area contributed by atoms with Gasteiger partial charge in [-0.2, -0.15) is 0 Å². The second-order valence-electron chi connectivity index (χ2n) is 5.33. The molecule has 2 atom stereocenters. The molecule has 1 aliphatic rings. The van der Waals surface area contributed by atoms with Gasteiger partial charge >= 0.3 is 5.97 Å². The fourth-order valence-corrected chi connectivity index (χ4v) is 2.51. The van der Waals surface area contributed by atoms with Gasteiger partial charge in [0.15, 0.2) is 0 Å². The summed E-state index contributed by atoms with van der Waals surface area (Å²) in [6.07, 6.45) is 0. The fourth-order valence-electron chi connectivity index (χ4n) is 2.51. The van der Waals surface area contributed by atoms with Gasteiger partial charge in [-0.15, -0.1) is 0 Å². The van der Waals surface area contributed by atoms with Crippen molar-refractivity contribution >= 4 is 11.9 Å². The Morgan fingerprint density at radius 2 is 1.81 bits per heavy atom. The van der Waals surface area contributed by atoms with E-state index in [4.69, 9.17) is 5.11 Å². The summed E-state index contributed by atoms with van der Waals surface area (Å²) >= 11 is 0. The number of hydrogen-bond donors (Lipinski definition) is 1. The first kappa shape index (κ1) is 13.0. The maximum Gasteiger partial charge on any atom is 0.307 e. The molecule has 0 aliphatic heterocycles. The van der Waals surface area contributed by atoms with Gasteiger partial charge in [-0.3, -0.25) is 9.59 Å². The third-order valence-electron chi connectivity index (χ3n) is 3.61. The number of rotatable bonds is 4. The molecule has 4 heteroatoms. The second-order valence-corrected chi connectivity index (χ2v) is 5.33. The summed E-state index contributed by atoms with van der Waals surface area (Å²) in [5.41, 5.74) is -0.398. The number of nitrogens with zero attached hydrogens (tertiary/aromatic N) is 1. The lowest BCUT2D eigenvalue weighted by atomic mass is 10.1. The van der Waals surface area contributed by atoms with Crippen molar-refractivity contribution < 1.29 is 14.7 Å². The van der Waals surface area contributed by atoms with Crippen molar-refractivity contribution in [1.82, 2.24) is 4.90 Å². The molecule has 0 unspecified atom stereocenters. The molecule has 1 saturated carbocycles. The molecule has 1 amide bonds. The van der Waals surface area contributed by atoms with Gasteiger partial charge in [0.05, 0.1) is 11.8 Å². The number of carboxylic acid groups (broad SMARTS) is 1. The number of carbonyl (C=O) groups is 2. The Bertz CT molecular complexity index is 309. The number of amides is 1. The average molecular weight is 227 g/mol. The van der Waals surface area contributed by atoms with E-state index in [9.17, 15) is 9.59 Å². The van der Waals surface area contributed by atoms with E-state index in [-0.39, 0.29) is 17.9 Å². The van der Waals surface area contributed by atoms with Gasteiger partial charge in [0.25, 0.3) is 0 Å². The van der Waals surface area contributed by atoms with Crippen LogP contribution in [0.15, 0.2) is 0 Å². The van der Waals surface area contributed by atoms with E-state index in [0.29, 0.717) is 6.54 Å². The zero-order valence-corrected chi connectivity index (χ0v) is 10.7. The number of carbonyl (C=O) groups excluding carboxylic acids is 1. The molecule has 92 valence electrons. The van der Waals surface area contributed by atoms with Crippen LogP contribution in [-0.2, 0) is 9.59 Å². The largest absolute Gasteiger partial charge is 0.481 e. The molecule has 0 aromatic rings. The quantitative estimate of drug-likeness (QED) is 0.793. The highest BCUT2D eigenvalue weighted by molar-refractivity contribution is 5.91. The molecular formula is C12H21NO3. The molecule has 4 nitrogen and oxygen atoms in total. The molecule has 1 fully saturated rings. The van der Waals surface area contributed by atoms with Crippen LogP contribution < -0.4 is 0 Å². The highest BCUT2D eigenvalue weighted by Crippen LogP contribution is 2.59. The lowest BCUT2D eigenvalue weighted by Crippen LogP contribution is -2.38. The summed E-state index contributed by atoms with van der Waals surface area (Å²) in [4.78, 5) is 24.9. The fraction of sp³-hybridized carbons (Fsp3) is 0.833. The molecule has 0 bridgehead atoms. The van der Waals surface area contributed by atoms with Gasteiger partial charge in [0.2, 0.25) is 5.91 Å². The van der Waals surface area contributed by atoms with Crippen LogP contribution in [0.25, 0.3) is 0 Å². The van der Waals surface area contributed by atoms with E-state index >= 15 is 0 Å². The van der Waals surface area contributed by atoms with E-state index in [1.165, 1.54) is 0 Å². The average Bonchev–Trinajstić information content (AvgIpc) is 2.69.